The quantitative estimate of drug-likeness (QED) is 0.140. The number of aliphatic hydroxyl groups excluding tert-OH is 1. The van der Waals surface area contributed by atoms with Crippen molar-refractivity contribution in [1.29, 1.82) is 0 Å². The van der Waals surface area contributed by atoms with Gasteiger partial charge in [0.2, 0.25) is 0 Å². The maximum absolute atomic E-state index is 11.3. The molecule has 5 atom stereocenters. The Kier molecular flexibility index (Phi) is 11.8. The van der Waals surface area contributed by atoms with Crippen LogP contribution in [0.2, 0.25) is 0 Å². The highest BCUT2D eigenvalue weighted by atomic mass is 16.6. The lowest BCUT2D eigenvalue weighted by Crippen LogP contribution is -2.57. The topological polar surface area (TPSA) is 68.2 Å². The first-order chi connectivity index (χ1) is 22.2. The van der Waals surface area contributed by atoms with Crippen LogP contribution in [0.3, 0.4) is 0 Å². The maximum Gasteiger partial charge on any atom is 0.115 e. The molecule has 0 unspecified atom stereocenters. The van der Waals surface area contributed by atoms with Crippen LogP contribution in [0, 0.1) is 12.8 Å². The van der Waals surface area contributed by atoms with E-state index in [1.807, 2.05) is 50.2 Å². The van der Waals surface area contributed by atoms with E-state index in [0.29, 0.717) is 13.2 Å². The standard InChI is InChI=1S/C41H50O5/c1-29-18-23-35(26-36(29)25-32-21-19-31(20-22-32)13-11-12-24-42)38-39(45-28-34-16-9-6-10-17-34)37(30(2)40(46-38)41(3,4)43)44-27-33-14-7-5-8-15-33/h5-10,14-23,26,30,37-40,42-43H,11-13,24-25,27-28H2,1-4H3/t30-,37-,38-,39+,40-/m0/s1. The summed E-state index contributed by atoms with van der Waals surface area (Å²) in [7, 11) is 0. The average molecular weight is 623 g/mol. The molecule has 1 fully saturated rings. The average Bonchev–Trinajstić information content (AvgIpc) is 3.05. The third kappa shape index (κ3) is 8.93. The second-order valence-electron chi connectivity index (χ2n) is 13.4. The smallest absolute Gasteiger partial charge is 0.115 e. The van der Waals surface area contributed by atoms with Gasteiger partial charge in [0.25, 0.3) is 0 Å². The first-order valence-electron chi connectivity index (χ1n) is 16.7. The van der Waals surface area contributed by atoms with E-state index in [4.69, 9.17) is 19.3 Å². The minimum Gasteiger partial charge on any atom is -0.396 e. The molecular formula is C41H50O5. The third-order valence-electron chi connectivity index (χ3n) is 9.17. The van der Waals surface area contributed by atoms with Gasteiger partial charge in [0.05, 0.1) is 31.0 Å². The molecule has 5 rings (SSSR count). The Hall–Kier alpha value is -3.32. The van der Waals surface area contributed by atoms with Gasteiger partial charge in [0.15, 0.2) is 0 Å². The molecule has 5 heteroatoms. The van der Waals surface area contributed by atoms with E-state index in [0.717, 1.165) is 42.4 Å². The van der Waals surface area contributed by atoms with Crippen LogP contribution in [-0.2, 0) is 40.3 Å². The summed E-state index contributed by atoms with van der Waals surface area (Å²) in [6.07, 6.45) is 1.99. The minimum absolute atomic E-state index is 0.124. The molecule has 0 amide bonds. The van der Waals surface area contributed by atoms with E-state index in [1.165, 1.54) is 22.3 Å². The minimum atomic E-state index is -1.08. The summed E-state index contributed by atoms with van der Waals surface area (Å²) in [6, 6.07) is 35.8. The number of rotatable bonds is 14. The molecular weight excluding hydrogens is 572 g/mol. The molecule has 1 saturated heterocycles. The summed E-state index contributed by atoms with van der Waals surface area (Å²) < 4.78 is 20.4. The van der Waals surface area contributed by atoms with E-state index >= 15 is 0 Å². The Morgan fingerprint density at radius 2 is 1.30 bits per heavy atom. The molecule has 0 aliphatic carbocycles. The maximum atomic E-state index is 11.3. The summed E-state index contributed by atoms with van der Waals surface area (Å²) in [6.45, 7) is 9.01. The number of hydrogen-bond acceptors (Lipinski definition) is 5. The fourth-order valence-electron chi connectivity index (χ4n) is 6.59. The molecule has 4 aromatic rings. The molecule has 0 radical (unpaired) electrons. The summed E-state index contributed by atoms with van der Waals surface area (Å²) in [5.74, 6) is -0.124. The Morgan fingerprint density at radius 3 is 1.89 bits per heavy atom. The molecule has 244 valence electrons. The zero-order valence-corrected chi connectivity index (χ0v) is 27.8. The van der Waals surface area contributed by atoms with Gasteiger partial charge >= 0.3 is 0 Å². The third-order valence-corrected chi connectivity index (χ3v) is 9.17. The monoisotopic (exact) mass is 622 g/mol. The van der Waals surface area contributed by atoms with Gasteiger partial charge in [-0.15, -0.1) is 0 Å². The van der Waals surface area contributed by atoms with Crippen molar-refractivity contribution in [3.8, 4) is 0 Å². The van der Waals surface area contributed by atoms with Crippen molar-refractivity contribution in [2.75, 3.05) is 6.61 Å². The highest BCUT2D eigenvalue weighted by Gasteiger charge is 2.50. The second kappa shape index (κ2) is 16.0. The predicted octanol–water partition coefficient (Wildman–Crippen LogP) is 7.92. The van der Waals surface area contributed by atoms with Crippen molar-refractivity contribution in [3.05, 3.63) is 142 Å². The van der Waals surface area contributed by atoms with Crippen molar-refractivity contribution in [3.63, 3.8) is 0 Å². The van der Waals surface area contributed by atoms with Gasteiger partial charge in [-0.05, 0) is 85.4 Å². The number of benzene rings is 4. The Labute approximate surface area is 275 Å². The molecule has 46 heavy (non-hydrogen) atoms. The van der Waals surface area contributed by atoms with Crippen LogP contribution in [0.25, 0.3) is 0 Å². The molecule has 0 bridgehead atoms. The van der Waals surface area contributed by atoms with Crippen LogP contribution in [0.4, 0.5) is 0 Å². The van der Waals surface area contributed by atoms with E-state index in [9.17, 15) is 5.11 Å². The Bertz CT molecular complexity index is 1480. The number of aryl methyl sites for hydroxylation is 2. The molecule has 2 N–H and O–H groups in total. The summed E-state index contributed by atoms with van der Waals surface area (Å²) in [4.78, 5) is 0. The van der Waals surface area contributed by atoms with Gasteiger partial charge in [-0.1, -0.05) is 110 Å². The molecule has 1 heterocycles. The van der Waals surface area contributed by atoms with Gasteiger partial charge in [-0.25, -0.2) is 0 Å². The molecule has 4 aromatic carbocycles. The van der Waals surface area contributed by atoms with Crippen molar-refractivity contribution in [2.24, 2.45) is 5.92 Å². The predicted molar refractivity (Wildman–Crippen MR) is 184 cm³/mol. The summed E-state index contributed by atoms with van der Waals surface area (Å²) >= 11 is 0. The van der Waals surface area contributed by atoms with Crippen molar-refractivity contribution in [1.82, 2.24) is 0 Å². The lowest BCUT2D eigenvalue weighted by Gasteiger charge is -2.49. The van der Waals surface area contributed by atoms with Crippen molar-refractivity contribution >= 4 is 0 Å². The van der Waals surface area contributed by atoms with Gasteiger partial charge < -0.3 is 24.4 Å². The highest BCUT2D eigenvalue weighted by Crippen LogP contribution is 2.43. The molecule has 0 saturated carbocycles. The van der Waals surface area contributed by atoms with E-state index in [2.05, 4.69) is 80.6 Å². The van der Waals surface area contributed by atoms with E-state index in [-0.39, 0.29) is 18.6 Å². The van der Waals surface area contributed by atoms with Crippen LogP contribution in [-0.4, -0.2) is 40.7 Å². The first-order valence-corrected chi connectivity index (χ1v) is 16.7. The zero-order valence-electron chi connectivity index (χ0n) is 27.8. The number of hydrogen-bond donors (Lipinski definition) is 2. The van der Waals surface area contributed by atoms with Gasteiger partial charge in [-0.2, -0.15) is 0 Å². The highest BCUT2D eigenvalue weighted by molar-refractivity contribution is 5.38. The molecule has 5 nitrogen and oxygen atoms in total. The number of unbranched alkanes of at least 4 members (excludes halogenated alkanes) is 1. The molecule has 1 aliphatic heterocycles. The Balaban J connectivity index is 1.45. The summed E-state index contributed by atoms with van der Waals surface area (Å²) in [5, 5.41) is 20.4. The van der Waals surface area contributed by atoms with E-state index in [1.54, 1.807) is 0 Å². The zero-order chi connectivity index (χ0) is 32.5. The van der Waals surface area contributed by atoms with Crippen LogP contribution in [0.15, 0.2) is 103 Å². The summed E-state index contributed by atoms with van der Waals surface area (Å²) in [5.41, 5.74) is 7.12. The lowest BCUT2D eigenvalue weighted by atomic mass is 9.79. The fourth-order valence-corrected chi connectivity index (χ4v) is 6.59. The number of ether oxygens (including phenoxy) is 3. The van der Waals surface area contributed by atoms with Crippen LogP contribution in [0.1, 0.15) is 78.7 Å². The van der Waals surface area contributed by atoms with Gasteiger partial charge in [0.1, 0.15) is 12.2 Å². The molecule has 0 aromatic heterocycles. The van der Waals surface area contributed by atoms with Crippen LogP contribution >= 0.6 is 0 Å². The largest absolute Gasteiger partial charge is 0.396 e. The molecule has 0 spiro atoms. The van der Waals surface area contributed by atoms with Crippen LogP contribution in [0.5, 0.6) is 0 Å². The van der Waals surface area contributed by atoms with E-state index < -0.39 is 23.9 Å². The van der Waals surface area contributed by atoms with Gasteiger partial charge in [0, 0.05) is 12.5 Å². The Morgan fingerprint density at radius 1 is 0.717 bits per heavy atom. The van der Waals surface area contributed by atoms with Crippen molar-refractivity contribution in [2.45, 2.75) is 96.6 Å². The first kappa shape index (κ1) is 34.0. The lowest BCUT2D eigenvalue weighted by molar-refractivity contribution is -0.264. The SMILES string of the molecule is Cc1ccc([C@@H]2O[C@H](C(C)(C)O)[C@@H](C)[C@H](OCc3ccccc3)[C@H]2OCc2ccccc2)cc1Cc1ccc(CCCCO)cc1. The van der Waals surface area contributed by atoms with Crippen molar-refractivity contribution < 1.29 is 24.4 Å². The fraction of sp³-hybridized carbons (Fsp3) is 0.415. The van der Waals surface area contributed by atoms with Crippen LogP contribution < -0.4 is 0 Å². The normalized spacial score (nSPS) is 21.7. The van der Waals surface area contributed by atoms with Gasteiger partial charge in [-0.3, -0.25) is 0 Å². The number of aliphatic hydroxyl groups is 2. The second-order valence-corrected chi connectivity index (χ2v) is 13.4. The molecule has 1 aliphatic rings.